The third-order valence-electron chi connectivity index (χ3n) is 3.58. The molecule has 2 N–H and O–H groups in total. The van der Waals surface area contributed by atoms with Gasteiger partial charge in [-0.05, 0) is 49.6 Å². The highest BCUT2D eigenvalue weighted by molar-refractivity contribution is 5.61. The lowest BCUT2D eigenvalue weighted by atomic mass is 10.1. The number of ether oxygens (including phenoxy) is 1. The zero-order valence-electron chi connectivity index (χ0n) is 11.2. The first-order valence-corrected chi connectivity index (χ1v) is 6.40. The Bertz CT molecular complexity index is 621. The first-order valence-electron chi connectivity index (χ1n) is 6.40. The van der Waals surface area contributed by atoms with E-state index in [1.54, 1.807) is 13.3 Å². The van der Waals surface area contributed by atoms with Crippen LogP contribution in [0.5, 0.6) is 5.75 Å². The zero-order valence-corrected chi connectivity index (χ0v) is 11.2. The summed E-state index contributed by atoms with van der Waals surface area (Å²) in [7, 11) is 1.68. The molecule has 0 radical (unpaired) electrons. The Balaban J connectivity index is 2.00. The number of hydrogen-bond donors (Lipinski definition) is 1. The van der Waals surface area contributed by atoms with Crippen molar-refractivity contribution in [2.75, 3.05) is 7.11 Å². The second-order valence-electron chi connectivity index (χ2n) is 5.11. The smallest absolute Gasteiger partial charge is 0.148 e. The van der Waals surface area contributed by atoms with Crippen LogP contribution in [-0.2, 0) is 5.54 Å². The average Bonchev–Trinajstić information content (AvgIpc) is 3.18. The fraction of sp³-hybridized carbons (Fsp3) is 0.333. The summed E-state index contributed by atoms with van der Waals surface area (Å²) in [6, 6.07) is 7.95. The molecule has 4 nitrogen and oxygen atoms in total. The van der Waals surface area contributed by atoms with E-state index in [0.29, 0.717) is 0 Å². The molecule has 0 aliphatic heterocycles. The molecule has 1 heterocycles. The normalized spacial score (nSPS) is 16.2. The highest BCUT2D eigenvalue weighted by Gasteiger charge is 2.43. The summed E-state index contributed by atoms with van der Waals surface area (Å²) >= 11 is 0. The quantitative estimate of drug-likeness (QED) is 0.915. The van der Waals surface area contributed by atoms with Gasteiger partial charge in [-0.1, -0.05) is 0 Å². The number of benzene rings is 1. The minimum absolute atomic E-state index is 0.294. The van der Waals surface area contributed by atoms with Crippen LogP contribution in [0.25, 0.3) is 11.3 Å². The summed E-state index contributed by atoms with van der Waals surface area (Å²) in [5, 5.41) is 0. The molecule has 3 rings (SSSR count). The SMILES string of the molecule is COc1ccc(-c2ccnc(C3(N)CC3)n2)cc1C. The van der Waals surface area contributed by atoms with Gasteiger partial charge in [0, 0.05) is 11.8 Å². The summed E-state index contributed by atoms with van der Waals surface area (Å²) in [6.45, 7) is 2.02. The Morgan fingerprint density at radius 2 is 2.05 bits per heavy atom. The van der Waals surface area contributed by atoms with Gasteiger partial charge >= 0.3 is 0 Å². The van der Waals surface area contributed by atoms with Crippen molar-refractivity contribution >= 4 is 0 Å². The van der Waals surface area contributed by atoms with Crippen molar-refractivity contribution in [3.8, 4) is 17.0 Å². The maximum atomic E-state index is 6.15. The van der Waals surface area contributed by atoms with E-state index in [4.69, 9.17) is 10.5 Å². The number of aryl methyl sites for hydroxylation is 1. The van der Waals surface area contributed by atoms with Crippen molar-refractivity contribution < 1.29 is 4.74 Å². The molecule has 0 bridgehead atoms. The van der Waals surface area contributed by atoms with E-state index in [0.717, 1.165) is 41.2 Å². The summed E-state index contributed by atoms with van der Waals surface area (Å²) in [6.07, 6.45) is 3.72. The van der Waals surface area contributed by atoms with Crippen LogP contribution < -0.4 is 10.5 Å². The summed E-state index contributed by atoms with van der Waals surface area (Å²) in [5.41, 5.74) is 8.91. The highest BCUT2D eigenvalue weighted by Crippen LogP contribution is 2.41. The van der Waals surface area contributed by atoms with Gasteiger partial charge in [0.25, 0.3) is 0 Å². The van der Waals surface area contributed by atoms with Crippen molar-refractivity contribution in [2.45, 2.75) is 25.3 Å². The fourth-order valence-corrected chi connectivity index (χ4v) is 2.16. The van der Waals surface area contributed by atoms with Gasteiger partial charge in [-0.15, -0.1) is 0 Å². The second-order valence-corrected chi connectivity index (χ2v) is 5.11. The van der Waals surface area contributed by atoms with Gasteiger partial charge in [-0.2, -0.15) is 0 Å². The molecule has 1 aliphatic rings. The minimum Gasteiger partial charge on any atom is -0.496 e. The van der Waals surface area contributed by atoms with Gasteiger partial charge in [0.05, 0.1) is 18.3 Å². The molecule has 0 amide bonds. The Morgan fingerprint density at radius 1 is 1.26 bits per heavy atom. The first kappa shape index (κ1) is 12.1. The zero-order chi connectivity index (χ0) is 13.5. The molecule has 4 heteroatoms. The van der Waals surface area contributed by atoms with Crippen LogP contribution >= 0.6 is 0 Å². The Hall–Kier alpha value is -1.94. The maximum absolute atomic E-state index is 6.15. The van der Waals surface area contributed by atoms with E-state index in [9.17, 15) is 0 Å². The molecule has 2 aromatic rings. The van der Waals surface area contributed by atoms with Crippen molar-refractivity contribution in [2.24, 2.45) is 5.73 Å². The van der Waals surface area contributed by atoms with Crippen LogP contribution in [0.15, 0.2) is 30.5 Å². The van der Waals surface area contributed by atoms with Gasteiger partial charge in [-0.25, -0.2) is 9.97 Å². The third kappa shape index (κ3) is 2.19. The van der Waals surface area contributed by atoms with Crippen LogP contribution in [0.4, 0.5) is 0 Å². The molecular formula is C15H17N3O. The lowest BCUT2D eigenvalue weighted by Crippen LogP contribution is -2.22. The van der Waals surface area contributed by atoms with Crippen LogP contribution in [-0.4, -0.2) is 17.1 Å². The van der Waals surface area contributed by atoms with Crippen LogP contribution in [0.3, 0.4) is 0 Å². The fourth-order valence-electron chi connectivity index (χ4n) is 2.16. The van der Waals surface area contributed by atoms with E-state index >= 15 is 0 Å². The molecule has 0 saturated heterocycles. The molecule has 19 heavy (non-hydrogen) atoms. The molecule has 1 aromatic carbocycles. The van der Waals surface area contributed by atoms with Crippen molar-refractivity contribution in [3.05, 3.63) is 41.9 Å². The molecule has 0 atom stereocenters. The van der Waals surface area contributed by atoms with Gasteiger partial charge < -0.3 is 10.5 Å². The first-order chi connectivity index (χ1) is 9.12. The van der Waals surface area contributed by atoms with Gasteiger partial charge in [0.2, 0.25) is 0 Å². The minimum atomic E-state index is -0.294. The topological polar surface area (TPSA) is 61.0 Å². The standard InChI is InChI=1S/C15H17N3O/c1-10-9-11(3-4-13(10)19-2)12-5-8-17-14(18-12)15(16)6-7-15/h3-5,8-9H,6-7,16H2,1-2H3. The second kappa shape index (κ2) is 4.31. The molecular weight excluding hydrogens is 238 g/mol. The van der Waals surface area contributed by atoms with E-state index in [-0.39, 0.29) is 5.54 Å². The van der Waals surface area contributed by atoms with Gasteiger partial charge in [0.1, 0.15) is 11.6 Å². The predicted octanol–water partition coefficient (Wildman–Crippen LogP) is 2.41. The number of aromatic nitrogens is 2. The van der Waals surface area contributed by atoms with Crippen molar-refractivity contribution in [1.82, 2.24) is 9.97 Å². The predicted molar refractivity (Wildman–Crippen MR) is 73.9 cm³/mol. The van der Waals surface area contributed by atoms with E-state index < -0.39 is 0 Å². The van der Waals surface area contributed by atoms with Gasteiger partial charge in [0.15, 0.2) is 0 Å². The van der Waals surface area contributed by atoms with Crippen LogP contribution in [0, 0.1) is 6.92 Å². The highest BCUT2D eigenvalue weighted by atomic mass is 16.5. The van der Waals surface area contributed by atoms with Gasteiger partial charge in [-0.3, -0.25) is 0 Å². The van der Waals surface area contributed by atoms with Crippen molar-refractivity contribution in [3.63, 3.8) is 0 Å². The number of hydrogen-bond acceptors (Lipinski definition) is 4. The van der Waals surface area contributed by atoms with E-state index in [1.807, 2.05) is 25.1 Å². The van der Waals surface area contributed by atoms with Crippen LogP contribution in [0.2, 0.25) is 0 Å². The summed E-state index contributed by atoms with van der Waals surface area (Å²) in [5.74, 6) is 1.63. The summed E-state index contributed by atoms with van der Waals surface area (Å²) in [4.78, 5) is 8.89. The largest absolute Gasteiger partial charge is 0.496 e. The maximum Gasteiger partial charge on any atom is 0.148 e. The van der Waals surface area contributed by atoms with Crippen molar-refractivity contribution in [1.29, 1.82) is 0 Å². The lowest BCUT2D eigenvalue weighted by molar-refractivity contribution is 0.412. The third-order valence-corrected chi connectivity index (χ3v) is 3.58. The molecule has 1 aliphatic carbocycles. The monoisotopic (exact) mass is 255 g/mol. The average molecular weight is 255 g/mol. The molecule has 0 unspecified atom stereocenters. The Kier molecular flexibility index (Phi) is 2.75. The Morgan fingerprint density at radius 3 is 2.68 bits per heavy atom. The van der Waals surface area contributed by atoms with Crippen LogP contribution in [0.1, 0.15) is 24.2 Å². The number of rotatable bonds is 3. The number of nitrogens with two attached hydrogens (primary N) is 1. The number of methoxy groups -OCH3 is 1. The molecule has 98 valence electrons. The molecule has 1 aromatic heterocycles. The molecule has 1 saturated carbocycles. The Labute approximate surface area is 112 Å². The molecule has 0 spiro atoms. The van der Waals surface area contributed by atoms with E-state index in [2.05, 4.69) is 16.0 Å². The summed E-state index contributed by atoms with van der Waals surface area (Å²) < 4.78 is 5.27. The number of nitrogens with zero attached hydrogens (tertiary/aromatic N) is 2. The van der Waals surface area contributed by atoms with E-state index in [1.165, 1.54) is 0 Å². The lowest BCUT2D eigenvalue weighted by Gasteiger charge is -2.10. The molecule has 1 fully saturated rings.